The Kier molecular flexibility index (Phi) is 4.14. The highest BCUT2D eigenvalue weighted by molar-refractivity contribution is 9.10. The molecule has 0 saturated heterocycles. The van der Waals surface area contributed by atoms with E-state index in [1.54, 1.807) is 0 Å². The van der Waals surface area contributed by atoms with Crippen molar-refractivity contribution < 1.29 is 17.9 Å². The molecule has 0 heterocycles. The molecule has 1 fully saturated rings. The lowest BCUT2D eigenvalue weighted by Crippen LogP contribution is -2.17. The first-order valence-corrected chi connectivity index (χ1v) is 6.79. The molecule has 0 spiro atoms. The maximum atomic E-state index is 12.1. The van der Waals surface area contributed by atoms with Gasteiger partial charge >= 0.3 is 6.36 Å². The van der Waals surface area contributed by atoms with Gasteiger partial charge in [0.15, 0.2) is 0 Å². The van der Waals surface area contributed by atoms with E-state index in [1.807, 2.05) is 0 Å². The number of ether oxygens (including phenoxy) is 1. The normalized spacial score (nSPS) is 16.4. The molecule has 1 aromatic carbocycles. The van der Waals surface area contributed by atoms with Crippen molar-refractivity contribution in [1.82, 2.24) is 0 Å². The number of hydrogen-bond acceptors (Lipinski definition) is 3. The van der Waals surface area contributed by atoms with Crippen molar-refractivity contribution in [2.45, 2.75) is 25.6 Å². The maximum absolute atomic E-state index is 12.1. The number of benzene rings is 1. The van der Waals surface area contributed by atoms with Gasteiger partial charge < -0.3 is 10.1 Å². The number of nitrogens with zero attached hydrogens (tertiary/aromatic N) is 1. The third-order valence-corrected chi connectivity index (χ3v) is 3.86. The second-order valence-electron chi connectivity index (χ2n) is 4.88. The minimum Gasteiger partial charge on any atom is -0.405 e. The summed E-state index contributed by atoms with van der Waals surface area (Å²) in [6.45, 7) is 0.645. The molecule has 1 aliphatic rings. The lowest BCUT2D eigenvalue weighted by Gasteiger charge is -2.15. The van der Waals surface area contributed by atoms with E-state index in [1.165, 1.54) is 18.2 Å². The van der Waals surface area contributed by atoms with Crippen LogP contribution in [0, 0.1) is 16.7 Å². The SMILES string of the molecule is N#CCC1(CNc2ccc(OC(F)(F)F)c(Br)c2)CC1. The molecule has 1 aromatic rings. The first-order valence-electron chi connectivity index (χ1n) is 6.00. The molecule has 0 bridgehead atoms. The standard InChI is InChI=1S/C13H12BrF3N2O/c14-10-7-9(1-2-11(10)20-13(15,16)17)19-8-12(3-4-12)5-6-18/h1-2,7,19H,3-5,8H2. The van der Waals surface area contributed by atoms with E-state index < -0.39 is 6.36 Å². The summed E-state index contributed by atoms with van der Waals surface area (Å²) in [4.78, 5) is 0. The molecular formula is C13H12BrF3N2O. The van der Waals surface area contributed by atoms with Crippen molar-refractivity contribution in [1.29, 1.82) is 5.26 Å². The molecule has 2 rings (SSSR count). The molecule has 0 aromatic heterocycles. The summed E-state index contributed by atoms with van der Waals surface area (Å²) in [6.07, 6.45) is -2.20. The number of rotatable bonds is 5. The fourth-order valence-corrected chi connectivity index (χ4v) is 2.33. The average molecular weight is 349 g/mol. The first kappa shape index (κ1) is 15.0. The Morgan fingerprint density at radius 1 is 1.40 bits per heavy atom. The minimum atomic E-state index is -4.71. The van der Waals surface area contributed by atoms with Crippen LogP contribution in [0.2, 0.25) is 0 Å². The molecule has 1 N–H and O–H groups in total. The molecule has 0 unspecified atom stereocenters. The van der Waals surface area contributed by atoms with Gasteiger partial charge in [-0.3, -0.25) is 0 Å². The summed E-state index contributed by atoms with van der Waals surface area (Å²) >= 11 is 3.05. The van der Waals surface area contributed by atoms with E-state index >= 15 is 0 Å². The summed E-state index contributed by atoms with van der Waals surface area (Å²) in [5, 5.41) is 11.9. The van der Waals surface area contributed by atoms with E-state index in [2.05, 4.69) is 32.1 Å². The number of hydrogen-bond donors (Lipinski definition) is 1. The van der Waals surface area contributed by atoms with E-state index in [-0.39, 0.29) is 15.6 Å². The third-order valence-electron chi connectivity index (χ3n) is 3.24. The molecule has 3 nitrogen and oxygen atoms in total. The topological polar surface area (TPSA) is 45.0 Å². The molecule has 1 saturated carbocycles. The van der Waals surface area contributed by atoms with Crippen LogP contribution in [0.3, 0.4) is 0 Å². The number of nitrogens with one attached hydrogen (secondary N) is 1. The van der Waals surface area contributed by atoms with E-state index in [9.17, 15) is 13.2 Å². The van der Waals surface area contributed by atoms with Crippen molar-refractivity contribution >= 4 is 21.6 Å². The first-order chi connectivity index (χ1) is 9.34. The van der Waals surface area contributed by atoms with Crippen LogP contribution in [-0.2, 0) is 0 Å². The van der Waals surface area contributed by atoms with Crippen molar-refractivity contribution in [2.24, 2.45) is 5.41 Å². The Hall–Kier alpha value is -1.42. The summed E-state index contributed by atoms with van der Waals surface area (Å²) in [6, 6.07) is 6.47. The van der Waals surface area contributed by atoms with Crippen molar-refractivity contribution in [3.8, 4) is 11.8 Å². The zero-order chi connectivity index (χ0) is 14.8. The highest BCUT2D eigenvalue weighted by Crippen LogP contribution is 2.48. The predicted molar refractivity (Wildman–Crippen MR) is 71.2 cm³/mol. The van der Waals surface area contributed by atoms with Gasteiger partial charge in [-0.2, -0.15) is 5.26 Å². The zero-order valence-electron chi connectivity index (χ0n) is 10.4. The van der Waals surface area contributed by atoms with Gasteiger partial charge in [0, 0.05) is 24.1 Å². The highest BCUT2D eigenvalue weighted by Gasteiger charge is 2.42. The van der Waals surface area contributed by atoms with Crippen LogP contribution in [0.15, 0.2) is 22.7 Å². The summed E-state index contributed by atoms with van der Waals surface area (Å²) in [7, 11) is 0. The lowest BCUT2D eigenvalue weighted by atomic mass is 10.0. The van der Waals surface area contributed by atoms with E-state index in [0.717, 1.165) is 12.8 Å². The van der Waals surface area contributed by atoms with E-state index in [0.29, 0.717) is 18.7 Å². The van der Waals surface area contributed by atoms with Crippen LogP contribution in [0.4, 0.5) is 18.9 Å². The molecular weight excluding hydrogens is 337 g/mol. The van der Waals surface area contributed by atoms with Gasteiger partial charge in [0.25, 0.3) is 0 Å². The molecule has 1 aliphatic carbocycles. The molecule has 20 heavy (non-hydrogen) atoms. The van der Waals surface area contributed by atoms with Gasteiger partial charge in [-0.25, -0.2) is 0 Å². The summed E-state index contributed by atoms with van der Waals surface area (Å²) < 4.78 is 40.5. The molecule has 0 radical (unpaired) electrons. The van der Waals surface area contributed by atoms with Crippen LogP contribution < -0.4 is 10.1 Å². The Morgan fingerprint density at radius 3 is 2.60 bits per heavy atom. The van der Waals surface area contributed by atoms with E-state index in [4.69, 9.17) is 5.26 Å². The minimum absolute atomic E-state index is 0.0301. The Morgan fingerprint density at radius 2 is 2.10 bits per heavy atom. The number of anilines is 1. The Balaban J connectivity index is 1.97. The van der Waals surface area contributed by atoms with Gasteiger partial charge in [0.2, 0.25) is 0 Å². The quantitative estimate of drug-likeness (QED) is 0.854. The van der Waals surface area contributed by atoms with Gasteiger partial charge in [-0.1, -0.05) is 0 Å². The molecule has 0 amide bonds. The second kappa shape index (κ2) is 5.52. The number of nitriles is 1. The summed E-state index contributed by atoms with van der Waals surface area (Å²) in [5.74, 6) is -0.277. The third kappa shape index (κ3) is 4.04. The van der Waals surface area contributed by atoms with Crippen molar-refractivity contribution in [3.63, 3.8) is 0 Å². The average Bonchev–Trinajstić information content (AvgIpc) is 3.09. The van der Waals surface area contributed by atoms with Crippen LogP contribution >= 0.6 is 15.9 Å². The van der Waals surface area contributed by atoms with Crippen LogP contribution in [-0.4, -0.2) is 12.9 Å². The van der Waals surface area contributed by atoms with Gasteiger partial charge in [-0.15, -0.1) is 13.2 Å². The zero-order valence-corrected chi connectivity index (χ0v) is 12.0. The molecule has 108 valence electrons. The highest BCUT2D eigenvalue weighted by atomic mass is 79.9. The maximum Gasteiger partial charge on any atom is 0.573 e. The molecule has 0 atom stereocenters. The van der Waals surface area contributed by atoms with Crippen molar-refractivity contribution in [2.75, 3.05) is 11.9 Å². The van der Waals surface area contributed by atoms with Gasteiger partial charge in [0.05, 0.1) is 10.5 Å². The number of alkyl halides is 3. The molecule has 7 heteroatoms. The fourth-order valence-electron chi connectivity index (χ4n) is 1.87. The van der Waals surface area contributed by atoms with Crippen LogP contribution in [0.1, 0.15) is 19.3 Å². The lowest BCUT2D eigenvalue weighted by molar-refractivity contribution is -0.274. The van der Waals surface area contributed by atoms with Crippen molar-refractivity contribution in [3.05, 3.63) is 22.7 Å². The largest absolute Gasteiger partial charge is 0.573 e. The van der Waals surface area contributed by atoms with Crippen LogP contribution in [0.5, 0.6) is 5.75 Å². The smallest absolute Gasteiger partial charge is 0.405 e. The van der Waals surface area contributed by atoms with Crippen LogP contribution in [0.25, 0.3) is 0 Å². The molecule has 0 aliphatic heterocycles. The van der Waals surface area contributed by atoms with Gasteiger partial charge in [-0.05, 0) is 47.0 Å². The Bertz CT molecular complexity index is 535. The second-order valence-corrected chi connectivity index (χ2v) is 5.74. The fraction of sp³-hybridized carbons (Fsp3) is 0.462. The summed E-state index contributed by atoms with van der Waals surface area (Å²) in [5.41, 5.74) is 0.721. The monoisotopic (exact) mass is 348 g/mol. The van der Waals surface area contributed by atoms with Gasteiger partial charge in [0.1, 0.15) is 5.75 Å². The Labute approximate surface area is 122 Å². The number of halogens is 4. The predicted octanol–water partition coefficient (Wildman–Crippen LogP) is 4.45.